The van der Waals surface area contributed by atoms with Gasteiger partial charge in [-0.2, -0.15) is 0 Å². The van der Waals surface area contributed by atoms with Crippen LogP contribution < -0.4 is 5.73 Å². The zero-order valence-electron chi connectivity index (χ0n) is 11.6. The van der Waals surface area contributed by atoms with Crippen molar-refractivity contribution in [2.75, 3.05) is 20.2 Å². The Bertz CT molecular complexity index is 249. The first-order valence-electron chi connectivity index (χ1n) is 7.05. The molecule has 3 heteroatoms. The van der Waals surface area contributed by atoms with E-state index >= 15 is 0 Å². The summed E-state index contributed by atoms with van der Waals surface area (Å²) in [7, 11) is 2.22. The minimum absolute atomic E-state index is 0.342. The first-order chi connectivity index (χ1) is 7.98. The van der Waals surface area contributed by atoms with Gasteiger partial charge >= 0.3 is 0 Å². The van der Waals surface area contributed by atoms with E-state index in [0.29, 0.717) is 23.6 Å². The maximum Gasteiger partial charge on any atom is 0.0702 e. The van der Waals surface area contributed by atoms with Gasteiger partial charge in [0.15, 0.2) is 0 Å². The largest absolute Gasteiger partial charge is 0.377 e. The van der Waals surface area contributed by atoms with Crippen molar-refractivity contribution in [2.24, 2.45) is 11.1 Å². The lowest BCUT2D eigenvalue weighted by atomic mass is 9.72. The molecule has 2 fully saturated rings. The molecule has 1 aliphatic heterocycles. The highest BCUT2D eigenvalue weighted by atomic mass is 16.5. The quantitative estimate of drug-likeness (QED) is 0.820. The van der Waals surface area contributed by atoms with Crippen LogP contribution in [-0.4, -0.2) is 43.3 Å². The average Bonchev–Trinajstić information content (AvgIpc) is 2.74. The lowest BCUT2D eigenvalue weighted by Gasteiger charge is -2.44. The summed E-state index contributed by atoms with van der Waals surface area (Å²) in [6.07, 6.45) is 6.52. The van der Waals surface area contributed by atoms with Crippen LogP contribution in [0.5, 0.6) is 0 Å². The van der Waals surface area contributed by atoms with Crippen molar-refractivity contribution in [1.82, 2.24) is 4.90 Å². The molecule has 0 aromatic rings. The fraction of sp³-hybridized carbons (Fsp3) is 1.00. The third kappa shape index (κ3) is 3.43. The second-order valence-corrected chi connectivity index (χ2v) is 6.71. The normalized spacial score (nSPS) is 37.6. The van der Waals surface area contributed by atoms with E-state index in [0.717, 1.165) is 19.6 Å². The van der Waals surface area contributed by atoms with Crippen LogP contribution in [0.25, 0.3) is 0 Å². The lowest BCUT2D eigenvalue weighted by molar-refractivity contribution is 0.0379. The van der Waals surface area contributed by atoms with E-state index < -0.39 is 0 Å². The molecule has 1 aliphatic carbocycles. The number of ether oxygens (including phenoxy) is 1. The van der Waals surface area contributed by atoms with Gasteiger partial charge in [0.1, 0.15) is 0 Å². The van der Waals surface area contributed by atoms with E-state index in [1.54, 1.807) is 0 Å². The van der Waals surface area contributed by atoms with Gasteiger partial charge in [-0.15, -0.1) is 0 Å². The Hall–Kier alpha value is -0.120. The molecule has 0 amide bonds. The van der Waals surface area contributed by atoms with Crippen LogP contribution in [0.1, 0.15) is 46.0 Å². The fourth-order valence-corrected chi connectivity index (χ4v) is 3.30. The monoisotopic (exact) mass is 240 g/mol. The van der Waals surface area contributed by atoms with Gasteiger partial charge in [0.2, 0.25) is 0 Å². The summed E-state index contributed by atoms with van der Waals surface area (Å²) in [5.74, 6) is 0. The molecule has 100 valence electrons. The molecule has 0 radical (unpaired) electrons. The Balaban J connectivity index is 1.89. The Labute approximate surface area is 106 Å². The van der Waals surface area contributed by atoms with Gasteiger partial charge in [0, 0.05) is 25.2 Å². The number of hydrogen-bond acceptors (Lipinski definition) is 3. The molecule has 17 heavy (non-hydrogen) atoms. The molecule has 3 atom stereocenters. The minimum Gasteiger partial charge on any atom is -0.377 e. The smallest absolute Gasteiger partial charge is 0.0702 e. The molecule has 3 nitrogen and oxygen atoms in total. The van der Waals surface area contributed by atoms with E-state index in [1.807, 2.05) is 0 Å². The van der Waals surface area contributed by atoms with Crippen molar-refractivity contribution >= 4 is 0 Å². The summed E-state index contributed by atoms with van der Waals surface area (Å²) in [4.78, 5) is 2.45. The molecule has 0 aromatic heterocycles. The highest BCUT2D eigenvalue weighted by Crippen LogP contribution is 2.36. The predicted octanol–water partition coefficient (Wildman–Crippen LogP) is 2.00. The van der Waals surface area contributed by atoms with Gasteiger partial charge in [0.05, 0.1) is 6.10 Å². The second kappa shape index (κ2) is 5.25. The number of nitrogens with two attached hydrogens (primary N) is 1. The highest BCUT2D eigenvalue weighted by molar-refractivity contribution is 4.92. The predicted molar refractivity (Wildman–Crippen MR) is 71.0 cm³/mol. The van der Waals surface area contributed by atoms with E-state index in [-0.39, 0.29) is 0 Å². The first kappa shape index (κ1) is 13.3. The van der Waals surface area contributed by atoms with Crippen molar-refractivity contribution in [1.29, 1.82) is 0 Å². The van der Waals surface area contributed by atoms with Gasteiger partial charge in [-0.1, -0.05) is 13.8 Å². The van der Waals surface area contributed by atoms with Gasteiger partial charge in [-0.25, -0.2) is 0 Å². The van der Waals surface area contributed by atoms with Crippen LogP contribution in [0, 0.1) is 5.41 Å². The van der Waals surface area contributed by atoms with Crippen molar-refractivity contribution in [3.05, 3.63) is 0 Å². The molecule has 1 saturated carbocycles. The summed E-state index contributed by atoms with van der Waals surface area (Å²) < 4.78 is 5.72. The number of hydrogen-bond donors (Lipinski definition) is 1. The van der Waals surface area contributed by atoms with Gasteiger partial charge in [-0.05, 0) is 44.6 Å². The van der Waals surface area contributed by atoms with Crippen LogP contribution in [-0.2, 0) is 4.74 Å². The number of nitrogens with zero attached hydrogens (tertiary/aromatic N) is 1. The topological polar surface area (TPSA) is 38.5 Å². The Morgan fingerprint density at radius 1 is 1.35 bits per heavy atom. The zero-order valence-corrected chi connectivity index (χ0v) is 11.6. The van der Waals surface area contributed by atoms with Gasteiger partial charge in [-0.3, -0.25) is 4.90 Å². The molecule has 1 heterocycles. The average molecular weight is 240 g/mol. The SMILES string of the molecule is CN(CC1CCCO1)C1CC(C)(C)CCC1N. The molecular weight excluding hydrogens is 212 g/mol. The summed E-state index contributed by atoms with van der Waals surface area (Å²) in [5.41, 5.74) is 6.74. The molecule has 3 unspecified atom stereocenters. The zero-order chi connectivity index (χ0) is 12.5. The minimum atomic E-state index is 0.342. The summed E-state index contributed by atoms with van der Waals surface area (Å²) >= 11 is 0. The number of likely N-dealkylation sites (N-methyl/N-ethyl adjacent to an activating group) is 1. The van der Waals surface area contributed by atoms with E-state index in [4.69, 9.17) is 10.5 Å². The molecule has 2 aliphatic rings. The maximum absolute atomic E-state index is 6.29. The molecule has 1 saturated heterocycles. The second-order valence-electron chi connectivity index (χ2n) is 6.71. The van der Waals surface area contributed by atoms with Crippen LogP contribution in [0.15, 0.2) is 0 Å². The van der Waals surface area contributed by atoms with Gasteiger partial charge < -0.3 is 10.5 Å². The first-order valence-corrected chi connectivity index (χ1v) is 7.05. The Morgan fingerprint density at radius 3 is 2.76 bits per heavy atom. The Kier molecular flexibility index (Phi) is 4.11. The van der Waals surface area contributed by atoms with Crippen molar-refractivity contribution in [2.45, 2.75) is 64.1 Å². The van der Waals surface area contributed by atoms with E-state index in [2.05, 4.69) is 25.8 Å². The third-order valence-electron chi connectivity index (χ3n) is 4.49. The molecule has 0 aromatic carbocycles. The maximum atomic E-state index is 6.29. The van der Waals surface area contributed by atoms with Crippen LogP contribution in [0.2, 0.25) is 0 Å². The summed E-state index contributed by atoms with van der Waals surface area (Å²) in [6, 6.07) is 0.873. The van der Waals surface area contributed by atoms with Gasteiger partial charge in [0.25, 0.3) is 0 Å². The molecule has 2 N–H and O–H groups in total. The summed E-state index contributed by atoms with van der Waals surface area (Å²) in [5, 5.41) is 0. The van der Waals surface area contributed by atoms with Crippen molar-refractivity contribution in [3.63, 3.8) is 0 Å². The van der Waals surface area contributed by atoms with Crippen LogP contribution in [0.4, 0.5) is 0 Å². The third-order valence-corrected chi connectivity index (χ3v) is 4.49. The molecule has 0 spiro atoms. The number of rotatable bonds is 3. The van der Waals surface area contributed by atoms with Crippen molar-refractivity contribution in [3.8, 4) is 0 Å². The van der Waals surface area contributed by atoms with Crippen molar-refractivity contribution < 1.29 is 4.74 Å². The fourth-order valence-electron chi connectivity index (χ4n) is 3.30. The summed E-state index contributed by atoms with van der Waals surface area (Å²) in [6.45, 7) is 6.73. The molecule has 0 bridgehead atoms. The highest BCUT2D eigenvalue weighted by Gasteiger charge is 2.35. The van der Waals surface area contributed by atoms with Crippen LogP contribution >= 0.6 is 0 Å². The molecule has 2 rings (SSSR count). The van der Waals surface area contributed by atoms with E-state index in [1.165, 1.54) is 25.7 Å². The molecular formula is C14H28N2O. The lowest BCUT2D eigenvalue weighted by Crippen LogP contribution is -2.53. The Morgan fingerprint density at radius 2 is 2.12 bits per heavy atom. The van der Waals surface area contributed by atoms with E-state index in [9.17, 15) is 0 Å². The van der Waals surface area contributed by atoms with Crippen LogP contribution in [0.3, 0.4) is 0 Å². The standard InChI is InChI=1S/C14H28N2O/c1-14(2)7-6-12(15)13(9-14)16(3)10-11-5-4-8-17-11/h11-13H,4-10,15H2,1-3H3.